The summed E-state index contributed by atoms with van der Waals surface area (Å²) in [5.74, 6) is -4.04. The van der Waals surface area contributed by atoms with Crippen LogP contribution in [0.15, 0.2) is 18.2 Å². The van der Waals surface area contributed by atoms with E-state index in [9.17, 15) is 23.2 Å². The largest absolute Gasteiger partial charge is 0.462 e. The van der Waals surface area contributed by atoms with Crippen molar-refractivity contribution in [3.8, 4) is 0 Å². The Morgan fingerprint density at radius 2 is 1.96 bits per heavy atom. The van der Waals surface area contributed by atoms with Crippen molar-refractivity contribution in [1.82, 2.24) is 0 Å². The summed E-state index contributed by atoms with van der Waals surface area (Å²) in [5, 5.41) is 0. The molecule has 1 aliphatic heterocycles. The SMILES string of the molecule is CC1(C)COC(=O)C1OC(=O)CCC(=O)c1ccc(F)c(F)c1. The lowest BCUT2D eigenvalue weighted by Gasteiger charge is -2.21. The van der Waals surface area contributed by atoms with Gasteiger partial charge in [0.2, 0.25) is 6.10 Å². The van der Waals surface area contributed by atoms with E-state index in [1.807, 2.05) is 0 Å². The number of Topliss-reactive ketones (excluding diaryl/α,β-unsaturated/α-hetero) is 1. The Morgan fingerprint density at radius 1 is 1.26 bits per heavy atom. The van der Waals surface area contributed by atoms with Gasteiger partial charge in [-0.2, -0.15) is 0 Å². The fourth-order valence-electron chi connectivity index (χ4n) is 2.16. The number of hydrogen-bond acceptors (Lipinski definition) is 5. The average Bonchev–Trinajstić information content (AvgIpc) is 2.74. The van der Waals surface area contributed by atoms with Crippen LogP contribution in [-0.4, -0.2) is 30.4 Å². The summed E-state index contributed by atoms with van der Waals surface area (Å²) in [6, 6.07) is 2.77. The van der Waals surface area contributed by atoms with Crippen LogP contribution in [0.2, 0.25) is 0 Å². The Morgan fingerprint density at radius 3 is 2.52 bits per heavy atom. The van der Waals surface area contributed by atoms with Crippen LogP contribution in [0, 0.1) is 17.0 Å². The predicted octanol–water partition coefficient (Wildman–Crippen LogP) is 2.42. The van der Waals surface area contributed by atoms with Gasteiger partial charge in [0, 0.05) is 17.4 Å². The van der Waals surface area contributed by atoms with Gasteiger partial charge >= 0.3 is 11.9 Å². The normalized spacial score (nSPS) is 19.3. The van der Waals surface area contributed by atoms with Gasteiger partial charge in [-0.15, -0.1) is 0 Å². The zero-order valence-corrected chi connectivity index (χ0v) is 12.7. The molecule has 1 atom stereocenters. The molecule has 0 aromatic heterocycles. The first kappa shape index (κ1) is 17.1. The number of hydrogen-bond donors (Lipinski definition) is 0. The molecule has 5 nitrogen and oxygen atoms in total. The average molecular weight is 326 g/mol. The van der Waals surface area contributed by atoms with Crippen LogP contribution in [0.3, 0.4) is 0 Å². The van der Waals surface area contributed by atoms with Crippen molar-refractivity contribution >= 4 is 17.7 Å². The Hall–Kier alpha value is -2.31. The number of carbonyl (C=O) groups is 3. The maximum atomic E-state index is 13.1. The van der Waals surface area contributed by atoms with E-state index in [0.717, 1.165) is 18.2 Å². The van der Waals surface area contributed by atoms with Crippen molar-refractivity contribution in [2.75, 3.05) is 6.61 Å². The summed E-state index contributed by atoms with van der Waals surface area (Å²) < 4.78 is 35.8. The fraction of sp³-hybridized carbons (Fsp3) is 0.438. The zero-order chi connectivity index (χ0) is 17.2. The minimum absolute atomic E-state index is 0.0303. The molecule has 1 fully saturated rings. The van der Waals surface area contributed by atoms with E-state index in [2.05, 4.69) is 0 Å². The summed E-state index contributed by atoms with van der Waals surface area (Å²) in [4.78, 5) is 35.1. The molecule has 1 aromatic carbocycles. The molecule has 1 saturated heterocycles. The second kappa shape index (κ2) is 6.44. The standard InChI is InChI=1S/C16H16F2O5/c1-16(2)8-22-15(21)14(16)23-13(20)6-5-12(19)9-3-4-10(17)11(18)7-9/h3-4,7,14H,5-6,8H2,1-2H3. The van der Waals surface area contributed by atoms with E-state index in [-0.39, 0.29) is 25.0 Å². The molecule has 1 aliphatic rings. The number of benzene rings is 1. The lowest BCUT2D eigenvalue weighted by Crippen LogP contribution is -2.35. The van der Waals surface area contributed by atoms with Crippen LogP contribution in [0.25, 0.3) is 0 Å². The topological polar surface area (TPSA) is 69.7 Å². The van der Waals surface area contributed by atoms with Gasteiger partial charge in [0.25, 0.3) is 0 Å². The molecule has 0 radical (unpaired) electrons. The summed E-state index contributed by atoms with van der Waals surface area (Å²) >= 11 is 0. The molecule has 1 aromatic rings. The number of rotatable bonds is 5. The van der Waals surface area contributed by atoms with E-state index < -0.39 is 40.9 Å². The fourth-order valence-corrected chi connectivity index (χ4v) is 2.16. The van der Waals surface area contributed by atoms with Crippen LogP contribution in [0.1, 0.15) is 37.0 Å². The molecule has 0 N–H and O–H groups in total. The van der Waals surface area contributed by atoms with Crippen LogP contribution < -0.4 is 0 Å². The first-order valence-corrected chi connectivity index (χ1v) is 7.05. The van der Waals surface area contributed by atoms with Crippen molar-refractivity contribution in [2.45, 2.75) is 32.8 Å². The van der Waals surface area contributed by atoms with E-state index in [0.29, 0.717) is 0 Å². The molecule has 1 unspecified atom stereocenters. The number of ketones is 1. The van der Waals surface area contributed by atoms with Crippen LogP contribution in [0.5, 0.6) is 0 Å². The van der Waals surface area contributed by atoms with Gasteiger partial charge in [-0.05, 0) is 18.2 Å². The lowest BCUT2D eigenvalue weighted by molar-refractivity contribution is -0.163. The number of cyclic esters (lactones) is 1. The summed E-state index contributed by atoms with van der Waals surface area (Å²) in [7, 11) is 0. The van der Waals surface area contributed by atoms with Crippen molar-refractivity contribution in [2.24, 2.45) is 5.41 Å². The molecule has 0 aliphatic carbocycles. The second-order valence-electron chi connectivity index (χ2n) is 6.02. The molecule has 0 bridgehead atoms. The third kappa shape index (κ3) is 3.91. The second-order valence-corrected chi connectivity index (χ2v) is 6.02. The molecule has 0 amide bonds. The maximum absolute atomic E-state index is 13.1. The van der Waals surface area contributed by atoms with Crippen LogP contribution in [0.4, 0.5) is 8.78 Å². The molecule has 0 saturated carbocycles. The van der Waals surface area contributed by atoms with Gasteiger partial charge in [-0.1, -0.05) is 13.8 Å². The molecule has 0 spiro atoms. The van der Waals surface area contributed by atoms with Gasteiger partial charge in [0.1, 0.15) is 6.61 Å². The van der Waals surface area contributed by atoms with Gasteiger partial charge in [0.05, 0.1) is 6.42 Å². The highest BCUT2D eigenvalue weighted by Gasteiger charge is 2.46. The van der Waals surface area contributed by atoms with E-state index in [1.165, 1.54) is 0 Å². The number of carbonyl (C=O) groups excluding carboxylic acids is 3. The van der Waals surface area contributed by atoms with Crippen molar-refractivity contribution in [3.63, 3.8) is 0 Å². The Bertz CT molecular complexity index is 654. The summed E-state index contributed by atoms with van der Waals surface area (Å²) in [6.45, 7) is 3.60. The Balaban J connectivity index is 1.90. The first-order chi connectivity index (χ1) is 10.7. The van der Waals surface area contributed by atoms with Crippen molar-refractivity contribution in [1.29, 1.82) is 0 Å². The van der Waals surface area contributed by atoms with Gasteiger partial charge in [-0.25, -0.2) is 13.6 Å². The van der Waals surface area contributed by atoms with Gasteiger partial charge in [0.15, 0.2) is 17.4 Å². The summed E-state index contributed by atoms with van der Waals surface area (Å²) in [6.07, 6.45) is -1.50. The van der Waals surface area contributed by atoms with E-state index >= 15 is 0 Å². The first-order valence-electron chi connectivity index (χ1n) is 7.05. The highest BCUT2D eigenvalue weighted by Crippen LogP contribution is 2.31. The van der Waals surface area contributed by atoms with Crippen LogP contribution in [-0.2, 0) is 19.1 Å². The smallest absolute Gasteiger partial charge is 0.348 e. The minimum atomic E-state index is -1.13. The lowest BCUT2D eigenvalue weighted by atomic mass is 9.90. The quantitative estimate of drug-likeness (QED) is 0.614. The molecule has 7 heteroatoms. The number of ether oxygens (including phenoxy) is 2. The number of esters is 2. The van der Waals surface area contributed by atoms with Gasteiger partial charge in [-0.3, -0.25) is 9.59 Å². The molecule has 1 heterocycles. The van der Waals surface area contributed by atoms with E-state index in [4.69, 9.17) is 9.47 Å². The van der Waals surface area contributed by atoms with E-state index in [1.54, 1.807) is 13.8 Å². The third-order valence-corrected chi connectivity index (χ3v) is 3.56. The molecular weight excluding hydrogens is 310 g/mol. The Kier molecular flexibility index (Phi) is 4.77. The number of halogens is 2. The summed E-state index contributed by atoms with van der Waals surface area (Å²) in [5.41, 5.74) is -0.658. The molecule has 23 heavy (non-hydrogen) atoms. The monoisotopic (exact) mass is 326 g/mol. The molecular formula is C16H16F2O5. The maximum Gasteiger partial charge on any atom is 0.348 e. The zero-order valence-electron chi connectivity index (χ0n) is 12.7. The third-order valence-electron chi connectivity index (χ3n) is 3.56. The van der Waals surface area contributed by atoms with Gasteiger partial charge < -0.3 is 9.47 Å². The predicted molar refractivity (Wildman–Crippen MR) is 74.5 cm³/mol. The Labute approximate surface area is 131 Å². The highest BCUT2D eigenvalue weighted by atomic mass is 19.2. The highest BCUT2D eigenvalue weighted by molar-refractivity contribution is 5.97. The van der Waals surface area contributed by atoms with Crippen LogP contribution >= 0.6 is 0 Å². The van der Waals surface area contributed by atoms with Crippen molar-refractivity contribution < 1.29 is 32.6 Å². The molecule has 124 valence electrons. The molecule has 2 rings (SSSR count). The van der Waals surface area contributed by atoms with Crippen molar-refractivity contribution in [3.05, 3.63) is 35.4 Å². The minimum Gasteiger partial charge on any atom is -0.462 e.